The highest BCUT2D eigenvalue weighted by molar-refractivity contribution is 7.54. The molecule has 5 atom stereocenters. The summed E-state index contributed by atoms with van der Waals surface area (Å²) in [6.45, 7) is 4.14. The number of nitrogens with zero attached hydrogens (tertiary/aromatic N) is 2. The highest BCUT2D eigenvalue weighted by atomic mass is 31.2. The van der Waals surface area contributed by atoms with Gasteiger partial charge in [0.15, 0.2) is 11.9 Å². The predicted octanol–water partition coefficient (Wildman–Crippen LogP) is 5.66. The molecule has 0 spiro atoms. The SMILES string of the molecule is CCOP(=O)(OCC)C(F)C[C@H]1O[C@@H](n2ccc(NC(=O)c3ccccc3)nc2=O)[C@](C)(F)[C@@H]1OCc1ccccc1. The molecular formula is C29H34F2N3O7P. The van der Waals surface area contributed by atoms with Crippen LogP contribution in [0.2, 0.25) is 0 Å². The largest absolute Gasteiger partial charge is 0.367 e. The summed E-state index contributed by atoms with van der Waals surface area (Å²) in [6.07, 6.45) is -3.58. The van der Waals surface area contributed by atoms with Crippen LogP contribution in [0.25, 0.3) is 0 Å². The molecule has 1 N–H and O–H groups in total. The lowest BCUT2D eigenvalue weighted by atomic mass is 9.96. The van der Waals surface area contributed by atoms with Crippen LogP contribution in [0, 0.1) is 0 Å². The summed E-state index contributed by atoms with van der Waals surface area (Å²) < 4.78 is 68.2. The molecule has 13 heteroatoms. The number of alkyl halides is 2. The van der Waals surface area contributed by atoms with Gasteiger partial charge >= 0.3 is 13.3 Å². The van der Waals surface area contributed by atoms with Crippen LogP contribution >= 0.6 is 7.60 Å². The molecule has 10 nitrogen and oxygen atoms in total. The topological polar surface area (TPSA) is 118 Å². The zero-order valence-corrected chi connectivity index (χ0v) is 24.4. The van der Waals surface area contributed by atoms with E-state index in [0.717, 1.165) is 10.1 Å². The molecule has 1 aliphatic rings. The van der Waals surface area contributed by atoms with Gasteiger partial charge in [-0.25, -0.2) is 13.6 Å². The van der Waals surface area contributed by atoms with Gasteiger partial charge in [0.05, 0.1) is 25.9 Å². The van der Waals surface area contributed by atoms with E-state index in [1.165, 1.54) is 19.2 Å². The third-order valence-corrected chi connectivity index (χ3v) is 8.83. The minimum atomic E-state index is -4.20. The number of hydrogen-bond acceptors (Lipinski definition) is 8. The van der Waals surface area contributed by atoms with E-state index in [4.69, 9.17) is 18.5 Å². The molecule has 0 saturated carbocycles. The van der Waals surface area contributed by atoms with Crippen LogP contribution in [0.4, 0.5) is 14.6 Å². The number of halogens is 2. The maximum Gasteiger partial charge on any atom is 0.364 e. The van der Waals surface area contributed by atoms with Crippen LogP contribution in [-0.2, 0) is 29.7 Å². The van der Waals surface area contributed by atoms with E-state index in [-0.39, 0.29) is 25.6 Å². The molecule has 1 unspecified atom stereocenters. The monoisotopic (exact) mass is 605 g/mol. The second-order valence-electron chi connectivity index (χ2n) is 9.76. The maximum atomic E-state index is 16.6. The standard InChI is InChI=1S/C29H34F2N3O7P/c1-4-39-42(37,40-5-2)23(30)18-22-25(38-19-20-12-8-6-9-13-20)29(3,31)27(41-22)34-17-16-24(33-28(34)36)32-26(35)21-14-10-7-11-15-21/h6-17,22-23,25,27H,4-5,18-19H2,1-3H3,(H,32,33,35,36)/t22-,23?,25-,27-,29-/m1/s1. The van der Waals surface area contributed by atoms with Crippen molar-refractivity contribution >= 4 is 19.3 Å². The number of ether oxygens (including phenoxy) is 2. The van der Waals surface area contributed by atoms with Gasteiger partial charge in [-0.3, -0.25) is 13.9 Å². The zero-order valence-electron chi connectivity index (χ0n) is 23.5. The van der Waals surface area contributed by atoms with E-state index < -0.39 is 55.6 Å². The summed E-state index contributed by atoms with van der Waals surface area (Å²) in [6, 6.07) is 18.6. The number of carbonyl (C=O) groups is 1. The number of benzene rings is 2. The zero-order chi connectivity index (χ0) is 30.3. The van der Waals surface area contributed by atoms with E-state index >= 15 is 8.78 Å². The van der Waals surface area contributed by atoms with E-state index in [1.807, 2.05) is 6.07 Å². The van der Waals surface area contributed by atoms with Crippen molar-refractivity contribution in [3.05, 3.63) is 94.5 Å². The first-order valence-electron chi connectivity index (χ1n) is 13.6. The van der Waals surface area contributed by atoms with Crippen molar-refractivity contribution in [1.29, 1.82) is 0 Å². The summed E-state index contributed by atoms with van der Waals surface area (Å²) in [7, 11) is -4.20. The van der Waals surface area contributed by atoms with E-state index in [9.17, 15) is 14.2 Å². The van der Waals surface area contributed by atoms with Gasteiger partial charge in [-0.2, -0.15) is 4.98 Å². The fourth-order valence-electron chi connectivity index (χ4n) is 4.74. The number of nitrogens with one attached hydrogen (secondary N) is 1. The van der Waals surface area contributed by atoms with Gasteiger partial charge in [-0.05, 0) is 44.5 Å². The van der Waals surface area contributed by atoms with Gasteiger partial charge in [0.25, 0.3) is 5.91 Å². The minimum absolute atomic E-state index is 0.0270. The van der Waals surface area contributed by atoms with Gasteiger partial charge in [-0.1, -0.05) is 48.5 Å². The molecule has 1 aromatic heterocycles. The third kappa shape index (κ3) is 7.19. The van der Waals surface area contributed by atoms with Gasteiger partial charge in [0.1, 0.15) is 11.9 Å². The van der Waals surface area contributed by atoms with Crippen molar-refractivity contribution in [2.75, 3.05) is 18.5 Å². The van der Waals surface area contributed by atoms with Crippen molar-refractivity contribution in [2.45, 2.75) is 63.8 Å². The van der Waals surface area contributed by atoms with E-state index in [1.54, 1.807) is 68.4 Å². The minimum Gasteiger partial charge on any atom is -0.367 e. The molecule has 4 rings (SSSR count). The van der Waals surface area contributed by atoms with Crippen LogP contribution < -0.4 is 11.0 Å². The highest BCUT2D eigenvalue weighted by Gasteiger charge is 2.58. The van der Waals surface area contributed by atoms with Crippen molar-refractivity contribution in [2.24, 2.45) is 0 Å². The van der Waals surface area contributed by atoms with E-state index in [0.29, 0.717) is 5.56 Å². The molecule has 0 bridgehead atoms. The molecule has 42 heavy (non-hydrogen) atoms. The fourth-order valence-corrected chi connectivity index (χ4v) is 6.32. The Morgan fingerprint density at radius 3 is 2.31 bits per heavy atom. The summed E-state index contributed by atoms with van der Waals surface area (Å²) >= 11 is 0. The quantitative estimate of drug-likeness (QED) is 0.248. The Kier molecular flexibility index (Phi) is 10.4. The molecule has 2 heterocycles. The summed E-state index contributed by atoms with van der Waals surface area (Å²) in [4.78, 5) is 29.4. The van der Waals surface area contributed by atoms with E-state index in [2.05, 4.69) is 10.3 Å². The number of carbonyl (C=O) groups excluding carboxylic acids is 1. The predicted molar refractivity (Wildman–Crippen MR) is 152 cm³/mol. The normalized spacial score (nSPS) is 23.0. The molecule has 1 amide bonds. The molecule has 226 valence electrons. The number of rotatable bonds is 13. The molecule has 2 aromatic carbocycles. The number of anilines is 1. The highest BCUT2D eigenvalue weighted by Crippen LogP contribution is 2.56. The number of aromatic nitrogens is 2. The Bertz CT molecular complexity index is 1430. The van der Waals surface area contributed by atoms with Crippen LogP contribution in [0.3, 0.4) is 0 Å². The fraction of sp³-hybridized carbons (Fsp3) is 0.414. The van der Waals surface area contributed by atoms with Crippen molar-refractivity contribution in [3.63, 3.8) is 0 Å². The summed E-state index contributed by atoms with van der Waals surface area (Å²) in [5.74, 6) is -2.68. The Morgan fingerprint density at radius 2 is 1.71 bits per heavy atom. The Balaban J connectivity index is 1.60. The molecule has 1 saturated heterocycles. The lowest BCUT2D eigenvalue weighted by molar-refractivity contribution is -0.0631. The average molecular weight is 606 g/mol. The lowest BCUT2D eigenvalue weighted by Crippen LogP contribution is -2.44. The molecular weight excluding hydrogens is 571 g/mol. The molecule has 3 aromatic rings. The second kappa shape index (κ2) is 13.8. The van der Waals surface area contributed by atoms with Crippen molar-refractivity contribution < 1.29 is 36.7 Å². The smallest absolute Gasteiger partial charge is 0.364 e. The van der Waals surface area contributed by atoms with Crippen LogP contribution in [-0.4, -0.2) is 52.5 Å². The lowest BCUT2D eigenvalue weighted by Gasteiger charge is -2.29. The summed E-state index contributed by atoms with van der Waals surface area (Å²) in [5, 5.41) is 2.53. The molecule has 1 aliphatic heterocycles. The van der Waals surface area contributed by atoms with Gasteiger partial charge < -0.3 is 23.8 Å². The Morgan fingerprint density at radius 1 is 1.10 bits per heavy atom. The van der Waals surface area contributed by atoms with Crippen LogP contribution in [0.15, 0.2) is 77.7 Å². The summed E-state index contributed by atoms with van der Waals surface area (Å²) in [5.41, 5.74) is -2.18. The van der Waals surface area contributed by atoms with Crippen LogP contribution in [0.5, 0.6) is 0 Å². The van der Waals surface area contributed by atoms with Crippen LogP contribution in [0.1, 0.15) is 49.3 Å². The first-order valence-corrected chi connectivity index (χ1v) is 15.2. The maximum absolute atomic E-state index is 16.6. The first-order chi connectivity index (χ1) is 20.1. The Labute approximate surface area is 242 Å². The van der Waals surface area contributed by atoms with Gasteiger partial charge in [-0.15, -0.1) is 0 Å². The molecule has 1 fully saturated rings. The molecule has 0 aliphatic carbocycles. The molecule has 0 radical (unpaired) electrons. The average Bonchev–Trinajstić information content (AvgIpc) is 3.21. The van der Waals surface area contributed by atoms with Crippen molar-refractivity contribution in [3.8, 4) is 0 Å². The van der Waals surface area contributed by atoms with Gasteiger partial charge in [0, 0.05) is 18.2 Å². The third-order valence-electron chi connectivity index (χ3n) is 6.70. The number of hydrogen-bond donors (Lipinski definition) is 1. The van der Waals surface area contributed by atoms with Crippen molar-refractivity contribution in [1.82, 2.24) is 9.55 Å². The first kappa shape index (κ1) is 31.7. The Hall–Kier alpha value is -3.28. The number of amides is 1. The van der Waals surface area contributed by atoms with Gasteiger partial charge in [0.2, 0.25) is 5.91 Å². The second-order valence-corrected chi connectivity index (χ2v) is 11.9.